The molecule has 16 heavy (non-hydrogen) atoms. The van der Waals surface area contributed by atoms with Crippen LogP contribution in [0.2, 0.25) is 0 Å². The van der Waals surface area contributed by atoms with E-state index in [-0.39, 0.29) is 0 Å². The molecule has 0 aromatic carbocycles. The van der Waals surface area contributed by atoms with Gasteiger partial charge in [0.05, 0.1) is 5.41 Å². The summed E-state index contributed by atoms with van der Waals surface area (Å²) in [7, 11) is 0. The van der Waals surface area contributed by atoms with E-state index < -0.39 is 11.4 Å². The van der Waals surface area contributed by atoms with Crippen LogP contribution in [0, 0.1) is 5.41 Å². The fourth-order valence-electron chi connectivity index (χ4n) is 1.66. The van der Waals surface area contributed by atoms with Gasteiger partial charge in [-0.25, -0.2) is 0 Å². The Bertz CT molecular complexity index is 202. The minimum atomic E-state index is -0.691. The van der Waals surface area contributed by atoms with E-state index in [2.05, 4.69) is 18.7 Å². The molecule has 0 spiro atoms. The topological polar surface area (TPSA) is 40.5 Å². The van der Waals surface area contributed by atoms with E-state index in [1.165, 1.54) is 12.8 Å². The average Bonchev–Trinajstić information content (AvgIpc) is 2.22. The molecule has 0 aromatic rings. The van der Waals surface area contributed by atoms with E-state index in [0.29, 0.717) is 0 Å². The van der Waals surface area contributed by atoms with Crippen molar-refractivity contribution >= 4 is 5.97 Å². The molecular formula is C13H27NO2. The monoisotopic (exact) mass is 229 g/mol. The van der Waals surface area contributed by atoms with Crippen LogP contribution >= 0.6 is 0 Å². The van der Waals surface area contributed by atoms with Gasteiger partial charge in [0, 0.05) is 0 Å². The minimum absolute atomic E-state index is 0.579. The molecule has 0 unspecified atom stereocenters. The second kappa shape index (κ2) is 7.66. The molecule has 1 N–H and O–H groups in total. The summed E-state index contributed by atoms with van der Waals surface area (Å²) in [5.41, 5.74) is -0.579. The van der Waals surface area contributed by atoms with Gasteiger partial charge in [-0.15, -0.1) is 0 Å². The lowest BCUT2D eigenvalue weighted by atomic mass is 9.88. The molecule has 0 atom stereocenters. The van der Waals surface area contributed by atoms with Crippen molar-refractivity contribution in [1.29, 1.82) is 0 Å². The number of aliphatic carboxylic acids is 1. The zero-order valence-corrected chi connectivity index (χ0v) is 11.3. The van der Waals surface area contributed by atoms with Crippen LogP contribution in [0.4, 0.5) is 0 Å². The second-order valence-corrected chi connectivity index (χ2v) is 5.08. The van der Waals surface area contributed by atoms with Gasteiger partial charge in [-0.3, -0.25) is 4.79 Å². The van der Waals surface area contributed by atoms with Crippen LogP contribution in [-0.4, -0.2) is 35.6 Å². The van der Waals surface area contributed by atoms with Crippen LogP contribution in [0.25, 0.3) is 0 Å². The molecule has 0 amide bonds. The molecule has 3 heteroatoms. The number of hydrogen-bond acceptors (Lipinski definition) is 2. The van der Waals surface area contributed by atoms with Crippen molar-refractivity contribution in [1.82, 2.24) is 4.90 Å². The summed E-state index contributed by atoms with van der Waals surface area (Å²) in [5.74, 6) is -0.691. The Balaban J connectivity index is 3.81. The minimum Gasteiger partial charge on any atom is -0.481 e. The summed E-state index contributed by atoms with van der Waals surface area (Å²) in [6.45, 7) is 11.2. The van der Waals surface area contributed by atoms with E-state index in [9.17, 15) is 4.79 Å². The zero-order chi connectivity index (χ0) is 12.6. The van der Waals surface area contributed by atoms with Crippen molar-refractivity contribution in [2.75, 3.05) is 19.6 Å². The number of rotatable bonds is 9. The largest absolute Gasteiger partial charge is 0.481 e. The van der Waals surface area contributed by atoms with Gasteiger partial charge in [0.15, 0.2) is 0 Å². The normalized spacial score (nSPS) is 12.1. The zero-order valence-electron chi connectivity index (χ0n) is 11.3. The molecule has 0 aliphatic heterocycles. The maximum Gasteiger partial charge on any atom is 0.309 e. The lowest BCUT2D eigenvalue weighted by Crippen LogP contribution is -2.29. The molecular weight excluding hydrogens is 202 g/mol. The Hall–Kier alpha value is -0.570. The van der Waals surface area contributed by atoms with Crippen LogP contribution in [0.5, 0.6) is 0 Å². The van der Waals surface area contributed by atoms with Gasteiger partial charge in [-0.05, 0) is 52.7 Å². The molecule has 0 saturated carbocycles. The molecule has 0 saturated heterocycles. The van der Waals surface area contributed by atoms with E-state index in [0.717, 1.165) is 32.5 Å². The third-order valence-corrected chi connectivity index (χ3v) is 3.13. The standard InChI is InChI=1S/C13H27NO2/c1-5-7-10-14(6-2)11-8-9-13(3,4)12(15)16/h5-11H2,1-4H3,(H,15,16). The summed E-state index contributed by atoms with van der Waals surface area (Å²) < 4.78 is 0. The second-order valence-electron chi connectivity index (χ2n) is 5.08. The molecule has 0 rings (SSSR count). The van der Waals surface area contributed by atoms with Gasteiger partial charge < -0.3 is 10.0 Å². The van der Waals surface area contributed by atoms with Gasteiger partial charge >= 0.3 is 5.97 Å². The van der Waals surface area contributed by atoms with Crippen molar-refractivity contribution in [3.8, 4) is 0 Å². The highest BCUT2D eigenvalue weighted by Gasteiger charge is 2.26. The molecule has 0 fully saturated rings. The molecule has 0 aliphatic rings. The average molecular weight is 229 g/mol. The summed E-state index contributed by atoms with van der Waals surface area (Å²) >= 11 is 0. The van der Waals surface area contributed by atoms with E-state index in [4.69, 9.17) is 5.11 Å². The van der Waals surface area contributed by atoms with E-state index >= 15 is 0 Å². The van der Waals surface area contributed by atoms with Crippen LogP contribution in [0.3, 0.4) is 0 Å². The summed E-state index contributed by atoms with van der Waals surface area (Å²) in [6, 6.07) is 0. The van der Waals surface area contributed by atoms with Gasteiger partial charge in [0.25, 0.3) is 0 Å². The SMILES string of the molecule is CCCCN(CC)CCCC(C)(C)C(=O)O. The quantitative estimate of drug-likeness (QED) is 0.660. The van der Waals surface area contributed by atoms with Gasteiger partial charge in [0.1, 0.15) is 0 Å². The lowest BCUT2D eigenvalue weighted by molar-refractivity contribution is -0.147. The Morgan fingerprint density at radius 3 is 2.19 bits per heavy atom. The lowest BCUT2D eigenvalue weighted by Gasteiger charge is -2.23. The number of unbranched alkanes of at least 4 members (excludes halogenated alkanes) is 1. The smallest absolute Gasteiger partial charge is 0.309 e. The molecule has 3 nitrogen and oxygen atoms in total. The summed E-state index contributed by atoms with van der Waals surface area (Å²) in [6.07, 6.45) is 4.18. The Labute approximate surface area is 99.8 Å². The first-order valence-electron chi connectivity index (χ1n) is 6.39. The van der Waals surface area contributed by atoms with E-state index in [1.807, 2.05) is 0 Å². The Morgan fingerprint density at radius 2 is 1.75 bits per heavy atom. The van der Waals surface area contributed by atoms with Crippen LogP contribution < -0.4 is 0 Å². The van der Waals surface area contributed by atoms with Crippen molar-refractivity contribution in [3.05, 3.63) is 0 Å². The van der Waals surface area contributed by atoms with Gasteiger partial charge in [-0.2, -0.15) is 0 Å². The van der Waals surface area contributed by atoms with Crippen molar-refractivity contribution in [3.63, 3.8) is 0 Å². The number of hydrogen-bond donors (Lipinski definition) is 1. The van der Waals surface area contributed by atoms with Crippen molar-refractivity contribution < 1.29 is 9.90 Å². The van der Waals surface area contributed by atoms with Crippen LogP contribution in [-0.2, 0) is 4.79 Å². The molecule has 0 radical (unpaired) electrons. The highest BCUT2D eigenvalue weighted by Crippen LogP contribution is 2.22. The molecule has 0 heterocycles. The fraction of sp³-hybridized carbons (Fsp3) is 0.923. The maximum atomic E-state index is 10.9. The number of nitrogens with zero attached hydrogens (tertiary/aromatic N) is 1. The predicted octanol–water partition coefficient (Wildman–Crippen LogP) is 3.00. The highest BCUT2D eigenvalue weighted by molar-refractivity contribution is 5.73. The summed E-state index contributed by atoms with van der Waals surface area (Å²) in [4.78, 5) is 13.3. The van der Waals surface area contributed by atoms with Gasteiger partial charge in [0.2, 0.25) is 0 Å². The first-order valence-corrected chi connectivity index (χ1v) is 6.39. The molecule has 0 aromatic heterocycles. The molecule has 96 valence electrons. The third kappa shape index (κ3) is 6.11. The molecule has 0 bridgehead atoms. The van der Waals surface area contributed by atoms with Crippen LogP contribution in [0.1, 0.15) is 53.4 Å². The number of carboxylic acid groups (broad SMARTS) is 1. The number of carboxylic acids is 1. The number of carbonyl (C=O) groups is 1. The molecule has 0 aliphatic carbocycles. The maximum absolute atomic E-state index is 10.9. The van der Waals surface area contributed by atoms with Crippen LogP contribution in [0.15, 0.2) is 0 Å². The van der Waals surface area contributed by atoms with Crippen molar-refractivity contribution in [2.24, 2.45) is 5.41 Å². The third-order valence-electron chi connectivity index (χ3n) is 3.13. The first kappa shape index (κ1) is 15.4. The Morgan fingerprint density at radius 1 is 1.19 bits per heavy atom. The fourth-order valence-corrected chi connectivity index (χ4v) is 1.66. The highest BCUT2D eigenvalue weighted by atomic mass is 16.4. The first-order chi connectivity index (χ1) is 7.44. The van der Waals surface area contributed by atoms with E-state index in [1.54, 1.807) is 13.8 Å². The Kier molecular flexibility index (Phi) is 7.39. The van der Waals surface area contributed by atoms with Crippen molar-refractivity contribution in [2.45, 2.75) is 53.4 Å². The summed E-state index contributed by atoms with van der Waals surface area (Å²) in [5, 5.41) is 8.99. The van der Waals surface area contributed by atoms with Gasteiger partial charge in [-0.1, -0.05) is 20.3 Å². The predicted molar refractivity (Wildman–Crippen MR) is 67.7 cm³/mol.